The number of methoxy groups -OCH3 is 1. The number of halogens is 1. The van der Waals surface area contributed by atoms with E-state index in [9.17, 15) is 9.59 Å². The van der Waals surface area contributed by atoms with Crippen LogP contribution in [0.15, 0.2) is 77.0 Å². The molecule has 1 heterocycles. The molecule has 0 unspecified atom stereocenters. The number of ether oxygens (including phenoxy) is 1. The van der Waals surface area contributed by atoms with E-state index < -0.39 is 11.8 Å². The lowest BCUT2D eigenvalue weighted by Gasteiger charge is -2.11. The van der Waals surface area contributed by atoms with Gasteiger partial charge in [0, 0.05) is 10.6 Å². The molecule has 0 aliphatic carbocycles. The maximum Gasteiger partial charge on any atom is 0.268 e. The van der Waals surface area contributed by atoms with Crippen LogP contribution in [0.2, 0.25) is 5.02 Å². The number of furan rings is 1. The Bertz CT molecular complexity index is 994. The Morgan fingerprint density at radius 2 is 1.79 bits per heavy atom. The van der Waals surface area contributed by atoms with Crippen LogP contribution in [0.1, 0.15) is 21.7 Å². The summed E-state index contributed by atoms with van der Waals surface area (Å²) >= 11 is 5.92. The molecule has 0 bridgehead atoms. The van der Waals surface area contributed by atoms with E-state index >= 15 is 0 Å². The van der Waals surface area contributed by atoms with E-state index in [0.29, 0.717) is 27.7 Å². The van der Waals surface area contributed by atoms with Gasteiger partial charge in [-0.2, -0.15) is 0 Å². The van der Waals surface area contributed by atoms with Crippen LogP contribution in [0.5, 0.6) is 5.75 Å². The summed E-state index contributed by atoms with van der Waals surface area (Å²) in [6.07, 6.45) is 3.10. The first-order valence-corrected chi connectivity index (χ1v) is 9.16. The minimum absolute atomic E-state index is 0.0969. The summed E-state index contributed by atoms with van der Waals surface area (Å²) in [6.45, 7) is 0.197. The second-order valence-corrected chi connectivity index (χ2v) is 6.49. The maximum absolute atomic E-state index is 12.7. The van der Waals surface area contributed by atoms with Crippen molar-refractivity contribution in [2.75, 3.05) is 7.11 Å². The number of hydrogen-bond acceptors (Lipinski definition) is 4. The standard InChI is InChI=1S/C22H19ClN2O4/c1-28-18-10-6-16(7-11-18)21(26)25-20(13-15-4-8-17(23)9-5-15)22(27)24-14-19-3-2-12-29-19/h2-13H,14H2,1H3,(H,24,27)(H,25,26). The molecule has 0 aliphatic heterocycles. The predicted octanol–water partition coefficient (Wildman–Crippen LogP) is 4.03. The van der Waals surface area contributed by atoms with E-state index in [-0.39, 0.29) is 12.2 Å². The lowest BCUT2D eigenvalue weighted by atomic mass is 10.1. The van der Waals surface area contributed by atoms with Crippen molar-refractivity contribution in [1.29, 1.82) is 0 Å². The van der Waals surface area contributed by atoms with Crippen LogP contribution >= 0.6 is 11.6 Å². The molecule has 0 spiro atoms. The third-order valence-electron chi connectivity index (χ3n) is 4.03. The number of carbonyl (C=O) groups excluding carboxylic acids is 2. The van der Waals surface area contributed by atoms with Gasteiger partial charge in [-0.05, 0) is 60.2 Å². The Labute approximate surface area is 173 Å². The molecule has 29 heavy (non-hydrogen) atoms. The molecule has 1 aromatic heterocycles. The molecule has 0 fully saturated rings. The Hall–Kier alpha value is -3.51. The van der Waals surface area contributed by atoms with E-state index in [2.05, 4.69) is 10.6 Å². The molecule has 7 heteroatoms. The number of hydrogen-bond donors (Lipinski definition) is 2. The van der Waals surface area contributed by atoms with Crippen molar-refractivity contribution in [3.63, 3.8) is 0 Å². The van der Waals surface area contributed by atoms with Gasteiger partial charge in [0.2, 0.25) is 0 Å². The van der Waals surface area contributed by atoms with Gasteiger partial charge in [0.05, 0.1) is 19.9 Å². The Balaban J connectivity index is 1.79. The summed E-state index contributed by atoms with van der Waals surface area (Å²) in [4.78, 5) is 25.3. The van der Waals surface area contributed by atoms with Crippen LogP contribution in [-0.4, -0.2) is 18.9 Å². The fraction of sp³-hybridized carbons (Fsp3) is 0.0909. The highest BCUT2D eigenvalue weighted by Crippen LogP contribution is 2.14. The summed E-state index contributed by atoms with van der Waals surface area (Å²) in [6, 6.07) is 17.0. The summed E-state index contributed by atoms with van der Waals surface area (Å²) in [5.74, 6) is 0.375. The minimum atomic E-state index is -0.446. The fourth-order valence-corrected chi connectivity index (χ4v) is 2.62. The normalized spacial score (nSPS) is 11.0. The molecule has 148 valence electrons. The van der Waals surface area contributed by atoms with Crippen molar-refractivity contribution in [3.8, 4) is 5.75 Å². The van der Waals surface area contributed by atoms with Crippen molar-refractivity contribution >= 4 is 29.5 Å². The summed E-state index contributed by atoms with van der Waals surface area (Å²) in [5.41, 5.74) is 1.21. The molecular formula is C22H19ClN2O4. The zero-order valence-electron chi connectivity index (χ0n) is 15.6. The summed E-state index contributed by atoms with van der Waals surface area (Å²) in [5, 5.41) is 5.98. The van der Waals surface area contributed by atoms with Gasteiger partial charge >= 0.3 is 0 Å². The molecule has 3 aromatic rings. The summed E-state index contributed by atoms with van der Waals surface area (Å²) < 4.78 is 10.3. The zero-order valence-corrected chi connectivity index (χ0v) is 16.4. The van der Waals surface area contributed by atoms with Crippen molar-refractivity contribution in [2.24, 2.45) is 0 Å². The SMILES string of the molecule is COc1ccc(C(=O)NC(=Cc2ccc(Cl)cc2)C(=O)NCc2ccco2)cc1. The highest BCUT2D eigenvalue weighted by Gasteiger charge is 2.15. The van der Waals surface area contributed by atoms with E-state index in [4.69, 9.17) is 20.8 Å². The minimum Gasteiger partial charge on any atom is -0.497 e. The number of benzene rings is 2. The number of nitrogens with one attached hydrogen (secondary N) is 2. The molecule has 3 rings (SSSR count). The molecular weight excluding hydrogens is 392 g/mol. The number of amides is 2. The Morgan fingerprint density at radius 1 is 1.07 bits per heavy atom. The lowest BCUT2D eigenvalue weighted by Crippen LogP contribution is -2.34. The van der Waals surface area contributed by atoms with E-state index in [0.717, 1.165) is 0 Å². The first-order valence-electron chi connectivity index (χ1n) is 8.78. The first kappa shape index (κ1) is 20.2. The Kier molecular flexibility index (Phi) is 6.71. The van der Waals surface area contributed by atoms with Gasteiger partial charge in [-0.3, -0.25) is 9.59 Å². The smallest absolute Gasteiger partial charge is 0.268 e. The molecule has 2 N–H and O–H groups in total. The molecule has 0 aliphatic rings. The third-order valence-corrected chi connectivity index (χ3v) is 4.28. The average Bonchev–Trinajstić information content (AvgIpc) is 3.26. The van der Waals surface area contributed by atoms with Crippen molar-refractivity contribution in [2.45, 2.75) is 6.54 Å². The molecule has 2 aromatic carbocycles. The average molecular weight is 411 g/mol. The van der Waals surface area contributed by atoms with Gasteiger partial charge in [0.15, 0.2) is 0 Å². The van der Waals surface area contributed by atoms with Gasteiger partial charge in [-0.1, -0.05) is 23.7 Å². The molecule has 0 saturated carbocycles. The van der Waals surface area contributed by atoms with Gasteiger partial charge < -0.3 is 19.8 Å². The second kappa shape index (κ2) is 9.61. The van der Waals surface area contributed by atoms with Gasteiger partial charge in [0.1, 0.15) is 17.2 Å². The quantitative estimate of drug-likeness (QED) is 0.576. The zero-order chi connectivity index (χ0) is 20.6. The predicted molar refractivity (Wildman–Crippen MR) is 110 cm³/mol. The molecule has 0 atom stereocenters. The topological polar surface area (TPSA) is 80.6 Å². The molecule has 2 amide bonds. The second-order valence-electron chi connectivity index (χ2n) is 6.05. The van der Waals surface area contributed by atoms with Gasteiger partial charge in [0.25, 0.3) is 11.8 Å². The van der Waals surface area contributed by atoms with Crippen molar-refractivity contribution < 1.29 is 18.7 Å². The molecule has 0 radical (unpaired) electrons. The Morgan fingerprint density at radius 3 is 2.41 bits per heavy atom. The largest absolute Gasteiger partial charge is 0.497 e. The molecule has 6 nitrogen and oxygen atoms in total. The third kappa shape index (κ3) is 5.73. The number of carbonyl (C=O) groups is 2. The van der Waals surface area contributed by atoms with Crippen LogP contribution in [0.4, 0.5) is 0 Å². The van der Waals surface area contributed by atoms with Gasteiger partial charge in [-0.15, -0.1) is 0 Å². The fourth-order valence-electron chi connectivity index (χ4n) is 2.50. The van der Waals surface area contributed by atoms with Crippen molar-refractivity contribution in [3.05, 3.63) is 94.5 Å². The highest BCUT2D eigenvalue weighted by molar-refractivity contribution is 6.30. The summed E-state index contributed by atoms with van der Waals surface area (Å²) in [7, 11) is 1.55. The number of rotatable bonds is 7. The van der Waals surface area contributed by atoms with Crippen molar-refractivity contribution in [1.82, 2.24) is 10.6 Å². The van der Waals surface area contributed by atoms with E-state index in [1.165, 1.54) is 6.26 Å². The maximum atomic E-state index is 12.7. The van der Waals surface area contributed by atoms with Crippen LogP contribution in [0, 0.1) is 0 Å². The highest BCUT2D eigenvalue weighted by atomic mass is 35.5. The molecule has 0 saturated heterocycles. The van der Waals surface area contributed by atoms with E-state index in [1.54, 1.807) is 73.8 Å². The van der Waals surface area contributed by atoms with E-state index in [1.807, 2.05) is 0 Å². The van der Waals surface area contributed by atoms with Gasteiger partial charge in [-0.25, -0.2) is 0 Å². The first-order chi connectivity index (χ1) is 14.0. The van der Waals surface area contributed by atoms with Crippen LogP contribution in [0.25, 0.3) is 6.08 Å². The van der Waals surface area contributed by atoms with Crippen LogP contribution in [0.3, 0.4) is 0 Å². The van der Waals surface area contributed by atoms with Crippen LogP contribution < -0.4 is 15.4 Å². The lowest BCUT2D eigenvalue weighted by molar-refractivity contribution is -0.118. The van der Waals surface area contributed by atoms with Crippen LogP contribution in [-0.2, 0) is 11.3 Å². The monoisotopic (exact) mass is 410 g/mol.